The van der Waals surface area contributed by atoms with Gasteiger partial charge in [-0.3, -0.25) is 19.3 Å². The molecule has 0 heterocycles. The van der Waals surface area contributed by atoms with E-state index in [0.717, 1.165) is 25.8 Å². The Bertz CT molecular complexity index is 655. The zero-order chi connectivity index (χ0) is 28.0. The Balaban J connectivity index is 5.67. The van der Waals surface area contributed by atoms with Crippen molar-refractivity contribution in [1.29, 1.82) is 0 Å². The summed E-state index contributed by atoms with van der Waals surface area (Å²) >= 11 is 0. The third-order valence-corrected chi connectivity index (χ3v) is 7.30. The second kappa shape index (κ2) is 17.7. The first kappa shape index (κ1) is 34.3. The summed E-state index contributed by atoms with van der Waals surface area (Å²) in [5, 5.41) is 12.4. The first-order chi connectivity index (χ1) is 16.8. The van der Waals surface area contributed by atoms with Crippen LogP contribution in [-0.4, -0.2) is 84.7 Å². The number of carbonyl (C=O) groups is 3. The van der Waals surface area contributed by atoms with Gasteiger partial charge in [-0.2, -0.15) is 0 Å². The maximum absolute atomic E-state index is 13.7. The Morgan fingerprint density at radius 1 is 0.917 bits per heavy atom. The van der Waals surface area contributed by atoms with Crippen LogP contribution in [0.1, 0.15) is 93.4 Å². The largest absolute Gasteiger partial charge is 0.481 e. The van der Waals surface area contributed by atoms with Crippen LogP contribution in [0.15, 0.2) is 0 Å². The summed E-state index contributed by atoms with van der Waals surface area (Å²) in [6.07, 6.45) is 5.76. The lowest BCUT2D eigenvalue weighted by atomic mass is 9.90. The summed E-state index contributed by atoms with van der Waals surface area (Å²) in [6, 6.07) is -1.47. The smallest absolute Gasteiger partial charge is 0.306 e. The first-order valence-corrected chi connectivity index (χ1v) is 13.9. The number of nitrogens with one attached hydrogen (secondary N) is 1. The number of carboxylic acid groups (broad SMARTS) is 1. The molecule has 0 radical (unpaired) electrons. The fraction of sp³-hybridized carbons (Fsp3) is 0.893. The molecule has 36 heavy (non-hydrogen) atoms. The number of methoxy groups -OCH3 is 1. The van der Waals surface area contributed by atoms with Gasteiger partial charge in [0.1, 0.15) is 6.04 Å². The van der Waals surface area contributed by atoms with Crippen molar-refractivity contribution in [3.63, 3.8) is 0 Å². The maximum Gasteiger partial charge on any atom is 0.306 e. The quantitative estimate of drug-likeness (QED) is 0.248. The summed E-state index contributed by atoms with van der Waals surface area (Å²) in [5.41, 5.74) is 0. The van der Waals surface area contributed by atoms with E-state index in [1.54, 1.807) is 11.9 Å². The van der Waals surface area contributed by atoms with E-state index >= 15 is 0 Å². The molecule has 0 saturated heterocycles. The summed E-state index contributed by atoms with van der Waals surface area (Å²) < 4.78 is 5.53. The van der Waals surface area contributed by atoms with Crippen molar-refractivity contribution in [3.8, 4) is 0 Å². The SMILES string of the molecule is CCCCCCCN(C)[C@H](C(=O)N[C@H](C(=O)N(C)[C@@H]([C@@H](C)CC)[C@@H](CC(=O)O)OC)C(C)C)C(C)C. The lowest BCUT2D eigenvalue weighted by molar-refractivity contribution is -0.148. The molecule has 0 bridgehead atoms. The van der Waals surface area contributed by atoms with Gasteiger partial charge in [0.15, 0.2) is 0 Å². The van der Waals surface area contributed by atoms with E-state index in [0.29, 0.717) is 0 Å². The number of hydrogen-bond acceptors (Lipinski definition) is 5. The van der Waals surface area contributed by atoms with Crippen molar-refractivity contribution in [1.82, 2.24) is 15.1 Å². The van der Waals surface area contributed by atoms with Crippen LogP contribution in [0, 0.1) is 17.8 Å². The summed E-state index contributed by atoms with van der Waals surface area (Å²) in [6.45, 7) is 14.9. The normalized spacial score (nSPS) is 16.0. The topological polar surface area (TPSA) is 99.2 Å². The van der Waals surface area contributed by atoms with E-state index in [9.17, 15) is 19.5 Å². The van der Waals surface area contributed by atoms with Crippen LogP contribution in [0.4, 0.5) is 0 Å². The van der Waals surface area contributed by atoms with E-state index in [1.165, 1.54) is 26.4 Å². The molecule has 0 spiro atoms. The minimum absolute atomic E-state index is 0.0222. The molecule has 0 aliphatic rings. The molecule has 0 aromatic rings. The van der Waals surface area contributed by atoms with E-state index in [2.05, 4.69) is 17.1 Å². The molecule has 5 atom stereocenters. The molecule has 2 N–H and O–H groups in total. The van der Waals surface area contributed by atoms with E-state index in [4.69, 9.17) is 4.74 Å². The van der Waals surface area contributed by atoms with Gasteiger partial charge in [-0.1, -0.05) is 80.6 Å². The lowest BCUT2D eigenvalue weighted by Crippen LogP contribution is -2.59. The zero-order valence-corrected chi connectivity index (χ0v) is 24.7. The van der Waals surface area contributed by atoms with Crippen LogP contribution in [0.25, 0.3) is 0 Å². The minimum Gasteiger partial charge on any atom is -0.481 e. The highest BCUT2D eigenvalue weighted by Crippen LogP contribution is 2.23. The summed E-state index contributed by atoms with van der Waals surface area (Å²) in [4.78, 5) is 42.3. The Labute approximate surface area is 220 Å². The van der Waals surface area contributed by atoms with Crippen LogP contribution in [-0.2, 0) is 19.1 Å². The van der Waals surface area contributed by atoms with Crippen LogP contribution in [0.5, 0.6) is 0 Å². The van der Waals surface area contributed by atoms with Crippen molar-refractivity contribution >= 4 is 17.8 Å². The molecule has 2 amide bonds. The van der Waals surface area contributed by atoms with Gasteiger partial charge in [0.2, 0.25) is 11.8 Å². The Hall–Kier alpha value is -1.67. The first-order valence-electron chi connectivity index (χ1n) is 13.9. The van der Waals surface area contributed by atoms with Gasteiger partial charge in [-0.25, -0.2) is 0 Å². The zero-order valence-electron chi connectivity index (χ0n) is 24.7. The van der Waals surface area contributed by atoms with Crippen molar-refractivity contribution in [3.05, 3.63) is 0 Å². The van der Waals surface area contributed by atoms with Gasteiger partial charge >= 0.3 is 5.97 Å². The second-order valence-electron chi connectivity index (χ2n) is 11.0. The highest BCUT2D eigenvalue weighted by molar-refractivity contribution is 5.90. The van der Waals surface area contributed by atoms with Crippen LogP contribution >= 0.6 is 0 Å². The van der Waals surface area contributed by atoms with E-state index < -0.39 is 24.2 Å². The summed E-state index contributed by atoms with van der Waals surface area (Å²) in [5.74, 6) is -1.35. The van der Waals surface area contributed by atoms with Crippen molar-refractivity contribution in [2.45, 2.75) is 118 Å². The molecule has 0 aromatic carbocycles. The van der Waals surface area contributed by atoms with Crippen molar-refractivity contribution < 1.29 is 24.2 Å². The number of likely N-dealkylation sites (N-methyl/N-ethyl adjacent to an activating group) is 2. The molecule has 8 nitrogen and oxygen atoms in total. The van der Waals surface area contributed by atoms with Crippen molar-refractivity contribution in [2.75, 3.05) is 27.7 Å². The molecule has 0 aliphatic heterocycles. The van der Waals surface area contributed by atoms with Gasteiger partial charge in [0.25, 0.3) is 0 Å². The highest BCUT2D eigenvalue weighted by atomic mass is 16.5. The maximum atomic E-state index is 13.7. The number of rotatable bonds is 19. The molecule has 8 heteroatoms. The van der Waals surface area contributed by atoms with Gasteiger partial charge in [0, 0.05) is 14.2 Å². The molecule has 0 rings (SSSR count). The second-order valence-corrected chi connectivity index (χ2v) is 11.0. The number of aliphatic carboxylic acids is 1. The third kappa shape index (κ3) is 11.2. The average molecular weight is 514 g/mol. The number of amides is 2. The molecule has 0 aliphatic carbocycles. The standard InChI is InChI=1S/C28H55N3O5/c1-11-13-14-15-16-17-30(8)25(20(5)6)27(34)29-24(19(3)4)28(35)31(9)26(21(7)12-2)22(36-10)18-23(32)33/h19-22,24-26H,11-18H2,1-10H3,(H,29,34)(H,32,33)/t21-,22+,24-,25-,26-/m0/s1. The summed E-state index contributed by atoms with van der Waals surface area (Å²) in [7, 11) is 5.15. The Morgan fingerprint density at radius 2 is 1.50 bits per heavy atom. The minimum atomic E-state index is -0.970. The van der Waals surface area contributed by atoms with Crippen LogP contribution in [0.2, 0.25) is 0 Å². The molecule has 212 valence electrons. The van der Waals surface area contributed by atoms with Gasteiger partial charge in [-0.05, 0) is 37.8 Å². The molecule has 0 aromatic heterocycles. The molecule has 0 saturated carbocycles. The van der Waals surface area contributed by atoms with Crippen LogP contribution < -0.4 is 5.32 Å². The lowest BCUT2D eigenvalue weighted by Gasteiger charge is -2.40. The highest BCUT2D eigenvalue weighted by Gasteiger charge is 2.38. The molecular formula is C28H55N3O5. The van der Waals surface area contributed by atoms with E-state index in [1.807, 2.05) is 48.6 Å². The Kier molecular flexibility index (Phi) is 16.9. The average Bonchev–Trinajstić information content (AvgIpc) is 2.80. The number of nitrogens with zero attached hydrogens (tertiary/aromatic N) is 2. The molecular weight excluding hydrogens is 458 g/mol. The predicted octanol–water partition coefficient (Wildman–Crippen LogP) is 4.42. The van der Waals surface area contributed by atoms with Crippen LogP contribution in [0.3, 0.4) is 0 Å². The number of carboxylic acids is 1. The fourth-order valence-electron chi connectivity index (χ4n) is 4.99. The number of unbranched alkanes of at least 4 members (excludes halogenated alkanes) is 4. The molecule has 0 unspecified atom stereocenters. The van der Waals surface area contributed by atoms with Gasteiger partial charge in [0.05, 0.1) is 24.6 Å². The third-order valence-electron chi connectivity index (χ3n) is 7.30. The monoisotopic (exact) mass is 513 g/mol. The van der Waals surface area contributed by atoms with Gasteiger partial charge in [-0.15, -0.1) is 0 Å². The molecule has 0 fully saturated rings. The van der Waals surface area contributed by atoms with Crippen molar-refractivity contribution in [2.24, 2.45) is 17.8 Å². The Morgan fingerprint density at radius 3 is 1.94 bits per heavy atom. The van der Waals surface area contributed by atoms with Gasteiger partial charge < -0.3 is 20.1 Å². The number of ether oxygens (including phenoxy) is 1. The fourth-order valence-corrected chi connectivity index (χ4v) is 4.99. The van der Waals surface area contributed by atoms with E-state index in [-0.39, 0.29) is 42.0 Å². The number of carbonyl (C=O) groups excluding carboxylic acids is 2. The number of hydrogen-bond donors (Lipinski definition) is 2. The predicted molar refractivity (Wildman–Crippen MR) is 146 cm³/mol.